The van der Waals surface area contributed by atoms with Gasteiger partial charge in [0.15, 0.2) is 12.6 Å². The maximum absolute atomic E-state index is 10.6. The predicted octanol–water partition coefficient (Wildman–Crippen LogP) is 1.94. The van der Waals surface area contributed by atoms with E-state index in [0.29, 0.717) is 6.61 Å². The molecule has 2 aliphatic heterocycles. The van der Waals surface area contributed by atoms with Crippen molar-refractivity contribution in [1.82, 2.24) is 0 Å². The van der Waals surface area contributed by atoms with E-state index in [9.17, 15) is 10.2 Å². The lowest BCUT2D eigenvalue weighted by Crippen LogP contribution is -2.54. The third-order valence-electron chi connectivity index (χ3n) is 4.70. The van der Waals surface area contributed by atoms with Crippen molar-refractivity contribution < 1.29 is 29.2 Å². The van der Waals surface area contributed by atoms with E-state index in [1.165, 1.54) is 0 Å². The molecular weight excluding hydrogens is 336 g/mol. The summed E-state index contributed by atoms with van der Waals surface area (Å²) in [6, 6.07) is 19.1. The van der Waals surface area contributed by atoms with E-state index >= 15 is 0 Å². The molecule has 2 fully saturated rings. The molecule has 6 nitrogen and oxygen atoms in total. The minimum Gasteiger partial charge on any atom is -0.394 e. The van der Waals surface area contributed by atoms with Gasteiger partial charge in [-0.2, -0.15) is 0 Å². The number of aliphatic hydroxyl groups excluding tert-OH is 2. The number of hydrogen-bond donors (Lipinski definition) is 2. The van der Waals surface area contributed by atoms with E-state index in [-0.39, 0.29) is 6.61 Å². The zero-order chi connectivity index (χ0) is 17.9. The predicted molar refractivity (Wildman–Crippen MR) is 92.0 cm³/mol. The summed E-state index contributed by atoms with van der Waals surface area (Å²) in [6.45, 7) is -0.0129. The summed E-state index contributed by atoms with van der Waals surface area (Å²) in [7, 11) is 0. The zero-order valence-corrected chi connectivity index (χ0v) is 14.2. The first kappa shape index (κ1) is 17.6. The van der Waals surface area contributed by atoms with E-state index in [0.717, 1.165) is 11.1 Å². The van der Waals surface area contributed by atoms with Crippen molar-refractivity contribution in [1.29, 1.82) is 0 Å². The van der Waals surface area contributed by atoms with Crippen LogP contribution in [-0.2, 0) is 18.9 Å². The van der Waals surface area contributed by atoms with Crippen molar-refractivity contribution in [3.63, 3.8) is 0 Å². The van der Waals surface area contributed by atoms with Gasteiger partial charge in [-0.25, -0.2) is 0 Å². The summed E-state index contributed by atoms with van der Waals surface area (Å²) in [5.41, 5.74) is 1.73. The van der Waals surface area contributed by atoms with Crippen LogP contribution in [0.3, 0.4) is 0 Å². The second-order valence-corrected chi connectivity index (χ2v) is 6.44. The summed E-state index contributed by atoms with van der Waals surface area (Å²) >= 11 is 0. The molecule has 0 radical (unpaired) electrons. The first-order chi connectivity index (χ1) is 12.8. The highest BCUT2D eigenvalue weighted by molar-refractivity contribution is 5.18. The Morgan fingerprint density at radius 3 is 2.04 bits per heavy atom. The van der Waals surface area contributed by atoms with Gasteiger partial charge in [-0.05, 0) is 0 Å². The molecule has 0 amide bonds. The van der Waals surface area contributed by atoms with Gasteiger partial charge in [-0.1, -0.05) is 60.7 Å². The molecule has 138 valence electrons. The van der Waals surface area contributed by atoms with Gasteiger partial charge < -0.3 is 29.2 Å². The quantitative estimate of drug-likeness (QED) is 0.870. The van der Waals surface area contributed by atoms with Crippen LogP contribution in [0.4, 0.5) is 0 Å². The number of aliphatic hydroxyl groups is 2. The van der Waals surface area contributed by atoms with E-state index in [1.807, 2.05) is 60.7 Å². The fourth-order valence-electron chi connectivity index (χ4n) is 3.31. The molecule has 2 N–H and O–H groups in total. The normalized spacial score (nSPS) is 34.7. The highest BCUT2D eigenvalue weighted by Gasteiger charge is 2.46. The summed E-state index contributed by atoms with van der Waals surface area (Å²) < 4.78 is 23.4. The standard InChI is InChI=1S/C20H22O6/c21-11-15-17(22)18(26-20(24-15)14-9-5-2-6-10-14)16-12-23-19(25-16)13-7-3-1-4-8-13/h1-10,15-22H,11-12H2/t15-,16+,17-,18-,19?,20?/m1/s1. The van der Waals surface area contributed by atoms with Crippen molar-refractivity contribution in [3.8, 4) is 0 Å². The molecule has 2 saturated heterocycles. The lowest BCUT2D eigenvalue weighted by molar-refractivity contribution is -0.310. The van der Waals surface area contributed by atoms with Gasteiger partial charge in [0.2, 0.25) is 0 Å². The lowest BCUT2D eigenvalue weighted by atomic mass is 10.0. The van der Waals surface area contributed by atoms with Crippen LogP contribution in [0.15, 0.2) is 60.7 Å². The average molecular weight is 358 g/mol. The molecule has 6 atom stereocenters. The molecule has 2 aromatic rings. The van der Waals surface area contributed by atoms with Gasteiger partial charge in [0.1, 0.15) is 24.4 Å². The third kappa shape index (κ3) is 3.53. The van der Waals surface area contributed by atoms with Gasteiger partial charge in [0.05, 0.1) is 13.2 Å². The molecule has 0 saturated carbocycles. The molecule has 2 unspecified atom stereocenters. The maximum Gasteiger partial charge on any atom is 0.184 e. The molecule has 0 aliphatic carbocycles. The molecule has 0 bridgehead atoms. The lowest BCUT2D eigenvalue weighted by Gasteiger charge is -2.40. The van der Waals surface area contributed by atoms with E-state index in [2.05, 4.69) is 0 Å². The van der Waals surface area contributed by atoms with Crippen LogP contribution in [0.5, 0.6) is 0 Å². The molecule has 2 heterocycles. The summed E-state index contributed by atoms with van der Waals surface area (Å²) in [5.74, 6) is 0. The minimum absolute atomic E-state index is 0.293. The zero-order valence-electron chi connectivity index (χ0n) is 14.2. The third-order valence-corrected chi connectivity index (χ3v) is 4.70. The van der Waals surface area contributed by atoms with Crippen LogP contribution in [0.1, 0.15) is 23.7 Å². The van der Waals surface area contributed by atoms with Crippen LogP contribution in [0.25, 0.3) is 0 Å². The summed E-state index contributed by atoms with van der Waals surface area (Å²) in [5, 5.41) is 20.2. The molecule has 4 rings (SSSR count). The number of rotatable bonds is 4. The number of benzene rings is 2. The van der Waals surface area contributed by atoms with Crippen LogP contribution < -0.4 is 0 Å². The van der Waals surface area contributed by atoms with Crippen molar-refractivity contribution in [2.24, 2.45) is 0 Å². The van der Waals surface area contributed by atoms with Crippen LogP contribution in [-0.4, -0.2) is 47.8 Å². The van der Waals surface area contributed by atoms with Gasteiger partial charge in [-0.15, -0.1) is 0 Å². The Hall–Kier alpha value is -1.80. The molecular formula is C20H22O6. The molecule has 6 heteroatoms. The Morgan fingerprint density at radius 2 is 1.42 bits per heavy atom. The second-order valence-electron chi connectivity index (χ2n) is 6.44. The first-order valence-electron chi connectivity index (χ1n) is 8.73. The Balaban J connectivity index is 1.51. The van der Waals surface area contributed by atoms with Gasteiger partial charge in [0, 0.05) is 11.1 Å². The van der Waals surface area contributed by atoms with Crippen molar-refractivity contribution >= 4 is 0 Å². The summed E-state index contributed by atoms with van der Waals surface area (Å²) in [4.78, 5) is 0. The van der Waals surface area contributed by atoms with Gasteiger partial charge in [-0.3, -0.25) is 0 Å². The van der Waals surface area contributed by atoms with Crippen molar-refractivity contribution in [2.45, 2.75) is 37.0 Å². The molecule has 0 spiro atoms. The summed E-state index contributed by atoms with van der Waals surface area (Å²) in [6.07, 6.45) is -4.07. The fourth-order valence-corrected chi connectivity index (χ4v) is 3.31. The monoisotopic (exact) mass is 358 g/mol. The molecule has 26 heavy (non-hydrogen) atoms. The van der Waals surface area contributed by atoms with Gasteiger partial charge >= 0.3 is 0 Å². The van der Waals surface area contributed by atoms with Crippen LogP contribution >= 0.6 is 0 Å². The molecule has 2 aromatic carbocycles. The highest BCUT2D eigenvalue weighted by Crippen LogP contribution is 2.36. The molecule has 2 aliphatic rings. The highest BCUT2D eigenvalue weighted by atomic mass is 16.8. The minimum atomic E-state index is -1.01. The Bertz CT molecular complexity index is 694. The average Bonchev–Trinajstić information content (AvgIpc) is 3.19. The SMILES string of the molecule is OC[C@H]1OC(c2ccccc2)O[C@H]([C@@H]2COC(c3ccccc3)O2)[C@@H]1O. The second kappa shape index (κ2) is 7.84. The topological polar surface area (TPSA) is 77.4 Å². The van der Waals surface area contributed by atoms with Crippen LogP contribution in [0, 0.1) is 0 Å². The van der Waals surface area contributed by atoms with E-state index in [1.54, 1.807) is 0 Å². The first-order valence-corrected chi connectivity index (χ1v) is 8.73. The fraction of sp³-hybridized carbons (Fsp3) is 0.400. The van der Waals surface area contributed by atoms with E-state index < -0.39 is 37.0 Å². The largest absolute Gasteiger partial charge is 0.394 e. The number of ether oxygens (including phenoxy) is 4. The molecule has 0 aromatic heterocycles. The smallest absolute Gasteiger partial charge is 0.184 e. The van der Waals surface area contributed by atoms with E-state index in [4.69, 9.17) is 18.9 Å². The van der Waals surface area contributed by atoms with Crippen molar-refractivity contribution in [3.05, 3.63) is 71.8 Å². The van der Waals surface area contributed by atoms with Gasteiger partial charge in [0.25, 0.3) is 0 Å². The Morgan fingerprint density at radius 1 is 0.808 bits per heavy atom. The van der Waals surface area contributed by atoms with Crippen molar-refractivity contribution in [2.75, 3.05) is 13.2 Å². The maximum atomic E-state index is 10.6. The van der Waals surface area contributed by atoms with Crippen LogP contribution in [0.2, 0.25) is 0 Å². The Kier molecular flexibility index (Phi) is 5.31. The Labute approximate surface area is 151 Å². The number of hydrogen-bond acceptors (Lipinski definition) is 6.